The highest BCUT2D eigenvalue weighted by atomic mass is 16.1. The lowest BCUT2D eigenvalue weighted by Gasteiger charge is -2.30. The fraction of sp³-hybridized carbons (Fsp3) is 0.412. The third-order valence-electron chi connectivity index (χ3n) is 4.72. The van der Waals surface area contributed by atoms with E-state index in [-0.39, 0.29) is 5.56 Å². The molecule has 1 atom stereocenters. The Morgan fingerprint density at radius 3 is 3.09 bits per heavy atom. The van der Waals surface area contributed by atoms with E-state index in [1.165, 1.54) is 19.4 Å². The number of aromatic amines is 1. The molecule has 0 bridgehead atoms. The van der Waals surface area contributed by atoms with E-state index in [0.717, 1.165) is 29.9 Å². The van der Waals surface area contributed by atoms with Crippen LogP contribution in [0.3, 0.4) is 0 Å². The molecule has 1 aliphatic heterocycles. The molecule has 3 heterocycles. The van der Waals surface area contributed by atoms with Crippen molar-refractivity contribution in [3.8, 4) is 0 Å². The van der Waals surface area contributed by atoms with Gasteiger partial charge in [0.1, 0.15) is 5.65 Å². The fourth-order valence-corrected chi connectivity index (χ4v) is 3.49. The van der Waals surface area contributed by atoms with Crippen molar-refractivity contribution >= 4 is 16.6 Å². The van der Waals surface area contributed by atoms with Gasteiger partial charge in [-0.05, 0) is 38.1 Å². The second-order valence-electron chi connectivity index (χ2n) is 6.07. The second kappa shape index (κ2) is 5.25. The van der Waals surface area contributed by atoms with Crippen molar-refractivity contribution < 1.29 is 0 Å². The zero-order chi connectivity index (χ0) is 15.1. The number of nitrogens with zero attached hydrogens (tertiary/aromatic N) is 3. The van der Waals surface area contributed by atoms with Gasteiger partial charge in [-0.15, -0.1) is 0 Å². The molecule has 0 radical (unpaired) electrons. The van der Waals surface area contributed by atoms with Gasteiger partial charge in [0.2, 0.25) is 0 Å². The zero-order valence-electron chi connectivity index (χ0n) is 12.7. The van der Waals surface area contributed by atoms with Crippen LogP contribution >= 0.6 is 0 Å². The number of benzene rings is 1. The van der Waals surface area contributed by atoms with Crippen molar-refractivity contribution in [1.29, 1.82) is 0 Å². The fourth-order valence-electron chi connectivity index (χ4n) is 3.49. The van der Waals surface area contributed by atoms with E-state index in [1.54, 1.807) is 0 Å². The number of piperidine rings is 1. The Labute approximate surface area is 128 Å². The number of H-pyrrole nitrogens is 1. The maximum absolute atomic E-state index is 12.2. The van der Waals surface area contributed by atoms with Gasteiger partial charge in [0.15, 0.2) is 0 Å². The van der Waals surface area contributed by atoms with E-state index in [9.17, 15) is 4.79 Å². The normalized spacial score (nSPS) is 20.0. The van der Waals surface area contributed by atoms with Gasteiger partial charge in [-0.1, -0.05) is 19.1 Å². The second-order valence-corrected chi connectivity index (χ2v) is 6.07. The lowest BCUT2D eigenvalue weighted by atomic mass is 9.95. The van der Waals surface area contributed by atoms with E-state index in [4.69, 9.17) is 5.10 Å². The van der Waals surface area contributed by atoms with Crippen LogP contribution < -0.4 is 5.56 Å². The lowest BCUT2D eigenvalue weighted by molar-refractivity contribution is 0.216. The Balaban J connectivity index is 1.84. The minimum absolute atomic E-state index is 0.0478. The first-order valence-electron chi connectivity index (χ1n) is 7.99. The lowest BCUT2D eigenvalue weighted by Crippen LogP contribution is -2.34. The molecule has 4 rings (SSSR count). The number of nitrogens with one attached hydrogen (secondary N) is 1. The average molecular weight is 296 g/mol. The van der Waals surface area contributed by atoms with Gasteiger partial charge in [-0.3, -0.25) is 4.79 Å². The molecule has 1 fully saturated rings. The van der Waals surface area contributed by atoms with Crippen molar-refractivity contribution in [3.63, 3.8) is 0 Å². The highest BCUT2D eigenvalue weighted by Gasteiger charge is 2.23. The third kappa shape index (κ3) is 2.13. The van der Waals surface area contributed by atoms with E-state index in [1.807, 2.05) is 34.8 Å². The van der Waals surface area contributed by atoms with E-state index < -0.39 is 0 Å². The molecule has 1 aromatic carbocycles. The van der Waals surface area contributed by atoms with Gasteiger partial charge in [-0.25, -0.2) is 4.52 Å². The topological polar surface area (TPSA) is 53.4 Å². The molecular weight excluding hydrogens is 276 g/mol. The summed E-state index contributed by atoms with van der Waals surface area (Å²) in [5.74, 6) is 0.455. The quantitative estimate of drug-likeness (QED) is 0.790. The molecule has 2 aromatic heterocycles. The number of likely N-dealkylation sites (N-methyl/N-ethyl adjacent to an activating group) is 1. The van der Waals surface area contributed by atoms with Crippen molar-refractivity contribution in [3.05, 3.63) is 46.4 Å². The molecule has 1 saturated heterocycles. The number of para-hydroxylation sites is 1. The summed E-state index contributed by atoms with van der Waals surface area (Å²) in [7, 11) is 0. The molecule has 3 aromatic rings. The van der Waals surface area contributed by atoms with Gasteiger partial charge in [0, 0.05) is 18.5 Å². The number of hydrogen-bond acceptors (Lipinski definition) is 3. The molecular formula is C17H20N4O. The zero-order valence-corrected chi connectivity index (χ0v) is 12.7. The standard InChI is InChI=1S/C17H20N4O/c1-2-20-9-5-6-12(11-20)14-10-16-18-17(22)13-7-3-4-8-15(13)21(16)19-14/h3-4,7-8,10,12H,2,5-6,9,11H2,1H3,(H,18,22). The molecule has 22 heavy (non-hydrogen) atoms. The Kier molecular flexibility index (Phi) is 3.22. The van der Waals surface area contributed by atoms with Crippen LogP contribution in [-0.4, -0.2) is 39.1 Å². The molecule has 0 aliphatic carbocycles. The summed E-state index contributed by atoms with van der Waals surface area (Å²) in [6.45, 7) is 5.53. The Bertz CT molecular complexity index is 879. The summed E-state index contributed by atoms with van der Waals surface area (Å²) < 4.78 is 1.87. The SMILES string of the molecule is CCN1CCCC(c2cc3[nH]c(=O)c4ccccc4n3n2)C1. The first-order valence-corrected chi connectivity index (χ1v) is 7.99. The van der Waals surface area contributed by atoms with E-state index >= 15 is 0 Å². The Hall–Kier alpha value is -2.14. The van der Waals surface area contributed by atoms with Gasteiger partial charge >= 0.3 is 0 Å². The molecule has 5 heteroatoms. The monoisotopic (exact) mass is 296 g/mol. The molecule has 0 saturated carbocycles. The summed E-state index contributed by atoms with van der Waals surface area (Å²) >= 11 is 0. The highest BCUT2D eigenvalue weighted by molar-refractivity contribution is 5.80. The van der Waals surface area contributed by atoms with Crippen molar-refractivity contribution in [2.24, 2.45) is 0 Å². The first-order chi connectivity index (χ1) is 10.8. The molecule has 1 N–H and O–H groups in total. The smallest absolute Gasteiger partial charge is 0.259 e. The molecule has 0 amide bonds. The number of likely N-dealkylation sites (tertiary alicyclic amines) is 1. The predicted molar refractivity (Wildman–Crippen MR) is 87.4 cm³/mol. The summed E-state index contributed by atoms with van der Waals surface area (Å²) in [6, 6.07) is 9.66. The summed E-state index contributed by atoms with van der Waals surface area (Å²) in [6.07, 6.45) is 2.38. The van der Waals surface area contributed by atoms with Gasteiger partial charge in [-0.2, -0.15) is 5.10 Å². The van der Waals surface area contributed by atoms with Crippen LogP contribution in [0.2, 0.25) is 0 Å². The summed E-state index contributed by atoms with van der Waals surface area (Å²) in [5.41, 5.74) is 2.70. The molecule has 114 valence electrons. The van der Waals surface area contributed by atoms with E-state index in [2.05, 4.69) is 16.8 Å². The van der Waals surface area contributed by atoms with Crippen molar-refractivity contribution in [1.82, 2.24) is 19.5 Å². The van der Waals surface area contributed by atoms with Crippen LogP contribution in [0.15, 0.2) is 35.1 Å². The highest BCUT2D eigenvalue weighted by Crippen LogP contribution is 2.26. The largest absolute Gasteiger partial charge is 0.306 e. The maximum atomic E-state index is 12.2. The number of hydrogen-bond donors (Lipinski definition) is 1. The number of aromatic nitrogens is 3. The number of fused-ring (bicyclic) bond motifs is 3. The van der Waals surface area contributed by atoms with Crippen LogP contribution in [0.1, 0.15) is 31.4 Å². The summed E-state index contributed by atoms with van der Waals surface area (Å²) in [5, 5.41) is 5.48. The summed E-state index contributed by atoms with van der Waals surface area (Å²) in [4.78, 5) is 17.6. The molecule has 1 aliphatic rings. The molecule has 1 unspecified atom stereocenters. The van der Waals surface area contributed by atoms with Crippen LogP contribution in [0.5, 0.6) is 0 Å². The van der Waals surface area contributed by atoms with Gasteiger partial charge in [0.05, 0.1) is 16.6 Å². The van der Waals surface area contributed by atoms with Crippen LogP contribution in [-0.2, 0) is 0 Å². The van der Waals surface area contributed by atoms with Crippen molar-refractivity contribution in [2.75, 3.05) is 19.6 Å². The Morgan fingerprint density at radius 2 is 2.23 bits per heavy atom. The van der Waals surface area contributed by atoms with E-state index in [0.29, 0.717) is 11.3 Å². The first kappa shape index (κ1) is 13.5. The van der Waals surface area contributed by atoms with Gasteiger partial charge in [0.25, 0.3) is 5.56 Å². The molecule has 5 nitrogen and oxygen atoms in total. The minimum Gasteiger partial charge on any atom is -0.306 e. The third-order valence-corrected chi connectivity index (χ3v) is 4.72. The van der Waals surface area contributed by atoms with Crippen LogP contribution in [0.4, 0.5) is 0 Å². The van der Waals surface area contributed by atoms with Crippen LogP contribution in [0, 0.1) is 0 Å². The minimum atomic E-state index is -0.0478. The maximum Gasteiger partial charge on any atom is 0.259 e. The van der Waals surface area contributed by atoms with Gasteiger partial charge < -0.3 is 9.88 Å². The predicted octanol–water partition coefficient (Wildman–Crippen LogP) is 2.38. The Morgan fingerprint density at radius 1 is 1.36 bits per heavy atom. The molecule has 0 spiro atoms. The average Bonchev–Trinajstić information content (AvgIpc) is 2.99. The van der Waals surface area contributed by atoms with Crippen LogP contribution in [0.25, 0.3) is 16.6 Å². The van der Waals surface area contributed by atoms with Crippen molar-refractivity contribution in [2.45, 2.75) is 25.7 Å². The number of rotatable bonds is 2.